The Morgan fingerprint density at radius 2 is 1.28 bits per heavy atom. The number of carbonyl (C=O) groups is 1. The molecule has 0 spiro atoms. The number of benzene rings is 2. The number of rotatable bonds is 8. The van der Waals surface area contributed by atoms with Crippen LogP contribution in [0.5, 0.6) is 11.5 Å². The van der Waals surface area contributed by atoms with Crippen molar-refractivity contribution in [1.29, 1.82) is 0 Å². The molecular formula is C18H20F2O5. The third-order valence-electron chi connectivity index (χ3n) is 2.78. The summed E-state index contributed by atoms with van der Waals surface area (Å²) in [6.07, 6.45) is 0.536. The Morgan fingerprint density at radius 3 is 1.68 bits per heavy atom. The standard InChI is InChI=1S/C9H9FO3.C9H11FO2/c10-7-1-3-8(4-2-7)13-6-5-9(11)12;10-8-2-4-9(5-3-8)12-7-1-6-11/h1-4H,5-6H2,(H,11,12);2-5,11H,1,6-7H2. The van der Waals surface area contributed by atoms with Crippen molar-refractivity contribution < 1.29 is 33.3 Å². The fraction of sp³-hybridized carbons (Fsp3) is 0.278. The van der Waals surface area contributed by atoms with Crippen molar-refractivity contribution in [3.05, 3.63) is 60.2 Å². The second-order valence-corrected chi connectivity index (χ2v) is 4.83. The largest absolute Gasteiger partial charge is 0.494 e. The number of halogens is 2. The third kappa shape index (κ3) is 9.93. The van der Waals surface area contributed by atoms with Crippen molar-refractivity contribution in [3.63, 3.8) is 0 Å². The average molecular weight is 354 g/mol. The summed E-state index contributed by atoms with van der Waals surface area (Å²) >= 11 is 0. The molecule has 0 radical (unpaired) electrons. The first-order chi connectivity index (χ1) is 12.0. The maximum atomic E-state index is 12.4. The summed E-state index contributed by atoms with van der Waals surface area (Å²) in [4.78, 5) is 10.1. The second-order valence-electron chi connectivity index (χ2n) is 4.83. The lowest BCUT2D eigenvalue weighted by molar-refractivity contribution is -0.137. The minimum atomic E-state index is -0.915. The van der Waals surface area contributed by atoms with Crippen LogP contribution in [0, 0.1) is 11.6 Å². The molecule has 7 heteroatoms. The predicted molar refractivity (Wildman–Crippen MR) is 87.7 cm³/mol. The molecule has 0 saturated heterocycles. The molecule has 2 aromatic rings. The highest BCUT2D eigenvalue weighted by molar-refractivity contribution is 5.66. The van der Waals surface area contributed by atoms with Crippen LogP contribution in [0.2, 0.25) is 0 Å². The van der Waals surface area contributed by atoms with Crippen LogP contribution < -0.4 is 9.47 Å². The van der Waals surface area contributed by atoms with E-state index >= 15 is 0 Å². The van der Waals surface area contributed by atoms with Gasteiger partial charge >= 0.3 is 5.97 Å². The van der Waals surface area contributed by atoms with Crippen molar-refractivity contribution in [2.75, 3.05) is 19.8 Å². The summed E-state index contributed by atoms with van der Waals surface area (Å²) in [5.41, 5.74) is 0. The molecule has 0 heterocycles. The zero-order chi connectivity index (χ0) is 18.5. The molecule has 0 aliphatic heterocycles. The lowest BCUT2D eigenvalue weighted by atomic mass is 10.3. The van der Waals surface area contributed by atoms with Gasteiger partial charge in [-0.15, -0.1) is 0 Å². The first kappa shape index (κ1) is 20.4. The molecule has 0 atom stereocenters. The van der Waals surface area contributed by atoms with Gasteiger partial charge in [-0.05, 0) is 48.5 Å². The Bertz CT molecular complexity index is 614. The highest BCUT2D eigenvalue weighted by Gasteiger charge is 1.98. The molecule has 2 rings (SSSR count). The van der Waals surface area contributed by atoms with E-state index < -0.39 is 5.97 Å². The molecule has 2 N–H and O–H groups in total. The zero-order valence-corrected chi connectivity index (χ0v) is 13.5. The molecule has 0 aliphatic rings. The molecule has 0 unspecified atom stereocenters. The van der Waals surface area contributed by atoms with Crippen molar-refractivity contribution in [3.8, 4) is 11.5 Å². The van der Waals surface area contributed by atoms with Gasteiger partial charge in [0, 0.05) is 13.0 Å². The molecule has 0 fully saturated rings. The number of hydrogen-bond donors (Lipinski definition) is 2. The predicted octanol–water partition coefficient (Wildman–Crippen LogP) is 3.27. The molecule has 0 amide bonds. The zero-order valence-electron chi connectivity index (χ0n) is 13.5. The van der Waals surface area contributed by atoms with E-state index in [0.717, 1.165) is 0 Å². The highest BCUT2D eigenvalue weighted by Crippen LogP contribution is 2.11. The van der Waals surface area contributed by atoms with E-state index in [9.17, 15) is 13.6 Å². The van der Waals surface area contributed by atoms with Gasteiger partial charge in [-0.2, -0.15) is 0 Å². The molecule has 5 nitrogen and oxygen atoms in total. The first-order valence-electron chi connectivity index (χ1n) is 7.60. The minimum absolute atomic E-state index is 0.0582. The molecule has 25 heavy (non-hydrogen) atoms. The highest BCUT2D eigenvalue weighted by atomic mass is 19.1. The SMILES string of the molecule is O=C(O)CCOc1ccc(F)cc1.OCCCOc1ccc(F)cc1. The number of hydrogen-bond acceptors (Lipinski definition) is 4. The van der Waals surface area contributed by atoms with Gasteiger partial charge in [0.15, 0.2) is 0 Å². The van der Waals surface area contributed by atoms with Crippen molar-refractivity contribution in [1.82, 2.24) is 0 Å². The average Bonchev–Trinajstić information content (AvgIpc) is 2.59. The van der Waals surface area contributed by atoms with Gasteiger partial charge in [0.25, 0.3) is 0 Å². The van der Waals surface area contributed by atoms with E-state index in [1.54, 1.807) is 12.1 Å². The van der Waals surface area contributed by atoms with E-state index in [1.807, 2.05) is 0 Å². The first-order valence-corrected chi connectivity index (χ1v) is 7.60. The van der Waals surface area contributed by atoms with E-state index in [2.05, 4.69) is 0 Å². The number of aliphatic hydroxyl groups excluding tert-OH is 1. The van der Waals surface area contributed by atoms with Gasteiger partial charge in [-0.3, -0.25) is 4.79 Å². The normalized spacial score (nSPS) is 9.72. The fourth-order valence-electron chi connectivity index (χ4n) is 1.57. The van der Waals surface area contributed by atoms with Gasteiger partial charge in [-0.25, -0.2) is 8.78 Å². The number of aliphatic hydroxyl groups is 1. The Hall–Kier alpha value is -2.67. The quantitative estimate of drug-likeness (QED) is 0.712. The summed E-state index contributed by atoms with van der Waals surface area (Å²) in [5.74, 6) is -0.426. The Labute approximate surface area is 144 Å². The summed E-state index contributed by atoms with van der Waals surface area (Å²) in [6.45, 7) is 0.671. The smallest absolute Gasteiger partial charge is 0.306 e. The fourth-order valence-corrected chi connectivity index (χ4v) is 1.57. The van der Waals surface area contributed by atoms with E-state index in [1.165, 1.54) is 36.4 Å². The molecule has 2 aromatic carbocycles. The summed E-state index contributed by atoms with van der Waals surface area (Å²) in [5, 5.41) is 16.7. The lowest BCUT2D eigenvalue weighted by Crippen LogP contribution is -2.04. The van der Waals surface area contributed by atoms with Crippen LogP contribution in [0.25, 0.3) is 0 Å². The third-order valence-corrected chi connectivity index (χ3v) is 2.78. The minimum Gasteiger partial charge on any atom is -0.494 e. The lowest BCUT2D eigenvalue weighted by Gasteiger charge is -2.03. The van der Waals surface area contributed by atoms with E-state index in [0.29, 0.717) is 24.5 Å². The number of ether oxygens (including phenoxy) is 2. The van der Waals surface area contributed by atoms with Crippen molar-refractivity contribution >= 4 is 5.97 Å². The van der Waals surface area contributed by atoms with Crippen LogP contribution in [0.3, 0.4) is 0 Å². The van der Waals surface area contributed by atoms with Crippen LogP contribution in [-0.4, -0.2) is 36.0 Å². The molecule has 0 aliphatic carbocycles. The maximum Gasteiger partial charge on any atom is 0.306 e. The maximum absolute atomic E-state index is 12.4. The summed E-state index contributed by atoms with van der Waals surface area (Å²) < 4.78 is 35.0. The van der Waals surface area contributed by atoms with Gasteiger partial charge in [0.05, 0.1) is 19.6 Å². The van der Waals surface area contributed by atoms with Crippen LogP contribution in [0.4, 0.5) is 8.78 Å². The van der Waals surface area contributed by atoms with Gasteiger partial charge in [-0.1, -0.05) is 0 Å². The van der Waals surface area contributed by atoms with Gasteiger partial charge in [0.2, 0.25) is 0 Å². The van der Waals surface area contributed by atoms with Crippen LogP contribution in [-0.2, 0) is 4.79 Å². The van der Waals surface area contributed by atoms with Crippen LogP contribution in [0.1, 0.15) is 12.8 Å². The number of aliphatic carboxylic acids is 1. The van der Waals surface area contributed by atoms with Crippen LogP contribution in [0.15, 0.2) is 48.5 Å². The Balaban J connectivity index is 0.000000251. The van der Waals surface area contributed by atoms with Crippen molar-refractivity contribution in [2.45, 2.75) is 12.8 Å². The van der Waals surface area contributed by atoms with Gasteiger partial charge < -0.3 is 19.7 Å². The second kappa shape index (κ2) is 11.8. The summed E-state index contributed by atoms with van der Waals surface area (Å²) in [7, 11) is 0. The molecule has 136 valence electrons. The molecular weight excluding hydrogens is 334 g/mol. The molecule has 0 bridgehead atoms. The van der Waals surface area contributed by atoms with E-state index in [4.69, 9.17) is 19.7 Å². The summed E-state index contributed by atoms with van der Waals surface area (Å²) in [6, 6.07) is 11.2. The van der Waals surface area contributed by atoms with E-state index in [-0.39, 0.29) is 31.3 Å². The Morgan fingerprint density at radius 1 is 0.840 bits per heavy atom. The molecule has 0 aromatic heterocycles. The number of carboxylic acid groups (broad SMARTS) is 1. The molecule has 0 saturated carbocycles. The monoisotopic (exact) mass is 354 g/mol. The number of carboxylic acids is 1. The van der Waals surface area contributed by atoms with Gasteiger partial charge in [0.1, 0.15) is 23.1 Å². The van der Waals surface area contributed by atoms with Crippen molar-refractivity contribution in [2.24, 2.45) is 0 Å². The van der Waals surface area contributed by atoms with Crippen LogP contribution >= 0.6 is 0 Å². The Kier molecular flexibility index (Phi) is 9.62. The topological polar surface area (TPSA) is 76.0 Å².